The van der Waals surface area contributed by atoms with Gasteiger partial charge >= 0.3 is 0 Å². The summed E-state index contributed by atoms with van der Waals surface area (Å²) < 4.78 is 0. The quantitative estimate of drug-likeness (QED) is 0.448. The first-order valence-electron chi connectivity index (χ1n) is 6.12. The summed E-state index contributed by atoms with van der Waals surface area (Å²) in [5, 5.41) is 3.45. The lowest BCUT2D eigenvalue weighted by atomic mass is 10.1. The Balaban J connectivity index is 1.87. The highest BCUT2D eigenvalue weighted by Crippen LogP contribution is 2.26. The highest BCUT2D eigenvalue weighted by molar-refractivity contribution is 7.98. The molecule has 0 saturated heterocycles. The summed E-state index contributed by atoms with van der Waals surface area (Å²) in [6.07, 6.45) is 0. The topological polar surface area (TPSA) is 51.8 Å². The number of hydrogen-bond donors (Lipinski definition) is 1. The van der Waals surface area contributed by atoms with Crippen LogP contribution in [0.1, 0.15) is 5.56 Å². The highest BCUT2D eigenvalue weighted by Gasteiger charge is 2.05. The average Bonchev–Trinajstić information content (AvgIpc) is 2.44. The van der Waals surface area contributed by atoms with Crippen molar-refractivity contribution in [1.29, 1.82) is 0 Å². The predicted octanol–water partition coefficient (Wildman–Crippen LogP) is 4.16. The van der Waals surface area contributed by atoms with Crippen molar-refractivity contribution < 1.29 is 0 Å². The largest absolute Gasteiger partial charge is 0.384 e. The van der Waals surface area contributed by atoms with E-state index in [1.807, 2.05) is 12.1 Å². The Morgan fingerprint density at radius 1 is 1.05 bits per heavy atom. The fourth-order valence-corrected chi connectivity index (χ4v) is 3.15. The zero-order chi connectivity index (χ0) is 13.9. The van der Waals surface area contributed by atoms with E-state index in [9.17, 15) is 0 Å². The van der Waals surface area contributed by atoms with Crippen molar-refractivity contribution in [1.82, 2.24) is 9.97 Å². The number of nitrogen functional groups attached to an aromatic ring is 1. The average molecular weight is 302 g/mol. The number of hydrogen-bond acceptors (Lipinski definition) is 4. The van der Waals surface area contributed by atoms with Gasteiger partial charge in [0.15, 0.2) is 5.16 Å². The molecule has 5 heteroatoms. The van der Waals surface area contributed by atoms with Crippen LogP contribution in [0.2, 0.25) is 5.15 Å². The number of nitrogens with two attached hydrogens (primary N) is 1. The highest BCUT2D eigenvalue weighted by atomic mass is 35.5. The lowest BCUT2D eigenvalue weighted by Gasteiger charge is -2.06. The molecule has 0 aliphatic rings. The van der Waals surface area contributed by atoms with Crippen LogP contribution in [0.3, 0.4) is 0 Å². The van der Waals surface area contributed by atoms with Gasteiger partial charge in [-0.15, -0.1) is 0 Å². The van der Waals surface area contributed by atoms with Gasteiger partial charge in [-0.2, -0.15) is 0 Å². The molecule has 0 aliphatic carbocycles. The lowest BCUT2D eigenvalue weighted by molar-refractivity contribution is 0.976. The molecule has 3 nitrogen and oxygen atoms in total. The van der Waals surface area contributed by atoms with Crippen LogP contribution >= 0.6 is 23.4 Å². The van der Waals surface area contributed by atoms with E-state index >= 15 is 0 Å². The molecule has 3 aromatic rings. The van der Waals surface area contributed by atoms with Gasteiger partial charge in [-0.3, -0.25) is 0 Å². The minimum Gasteiger partial charge on any atom is -0.384 e. The van der Waals surface area contributed by atoms with Crippen LogP contribution in [0.4, 0.5) is 5.82 Å². The standard InChI is InChI=1S/C15H12ClN3S/c16-13-8-14(17)19-15(18-13)20-9-11-6-3-5-10-4-1-2-7-12(10)11/h1-8H,9H2,(H2,17,18,19). The number of benzene rings is 2. The van der Waals surface area contributed by atoms with Crippen LogP contribution in [-0.2, 0) is 5.75 Å². The number of thioether (sulfide) groups is 1. The van der Waals surface area contributed by atoms with Crippen molar-refractivity contribution in [3.63, 3.8) is 0 Å². The van der Waals surface area contributed by atoms with E-state index in [0.717, 1.165) is 5.75 Å². The summed E-state index contributed by atoms with van der Waals surface area (Å²) in [7, 11) is 0. The van der Waals surface area contributed by atoms with Crippen LogP contribution in [0.15, 0.2) is 53.7 Å². The van der Waals surface area contributed by atoms with Gasteiger partial charge in [-0.1, -0.05) is 65.8 Å². The van der Waals surface area contributed by atoms with Gasteiger partial charge in [0.1, 0.15) is 11.0 Å². The third-order valence-electron chi connectivity index (χ3n) is 2.93. The Bertz CT molecular complexity index is 735. The van der Waals surface area contributed by atoms with Crippen molar-refractivity contribution in [2.75, 3.05) is 5.73 Å². The summed E-state index contributed by atoms with van der Waals surface area (Å²) in [5.41, 5.74) is 6.92. The van der Waals surface area contributed by atoms with E-state index in [1.54, 1.807) is 6.07 Å². The molecule has 1 heterocycles. The minimum atomic E-state index is 0.373. The van der Waals surface area contributed by atoms with E-state index in [1.165, 1.54) is 28.1 Å². The molecule has 0 atom stereocenters. The van der Waals surface area contributed by atoms with E-state index in [2.05, 4.69) is 40.3 Å². The normalized spacial score (nSPS) is 10.8. The molecule has 0 aliphatic heterocycles. The van der Waals surface area contributed by atoms with Gasteiger partial charge < -0.3 is 5.73 Å². The fourth-order valence-electron chi connectivity index (χ4n) is 2.04. The molecule has 2 N–H and O–H groups in total. The second kappa shape index (κ2) is 5.69. The predicted molar refractivity (Wildman–Crippen MR) is 85.0 cm³/mol. The molecule has 0 saturated carbocycles. The maximum atomic E-state index is 5.88. The van der Waals surface area contributed by atoms with Crippen molar-refractivity contribution in [2.24, 2.45) is 0 Å². The molecule has 2 aromatic carbocycles. The van der Waals surface area contributed by atoms with Crippen molar-refractivity contribution in [3.8, 4) is 0 Å². The molecule has 0 spiro atoms. The van der Waals surface area contributed by atoms with Crippen LogP contribution in [0.25, 0.3) is 10.8 Å². The van der Waals surface area contributed by atoms with Gasteiger partial charge in [-0.05, 0) is 16.3 Å². The van der Waals surface area contributed by atoms with E-state index in [0.29, 0.717) is 16.1 Å². The van der Waals surface area contributed by atoms with E-state index < -0.39 is 0 Å². The Hall–Kier alpha value is -1.78. The maximum Gasteiger partial charge on any atom is 0.191 e. The second-order valence-corrected chi connectivity index (χ2v) is 5.65. The number of halogens is 1. The first kappa shape index (κ1) is 13.2. The maximum absolute atomic E-state index is 5.88. The van der Waals surface area contributed by atoms with Gasteiger partial charge in [-0.25, -0.2) is 9.97 Å². The number of rotatable bonds is 3. The van der Waals surface area contributed by atoms with Gasteiger partial charge in [0, 0.05) is 11.8 Å². The lowest BCUT2D eigenvalue weighted by Crippen LogP contribution is -1.95. The van der Waals surface area contributed by atoms with Crippen molar-refractivity contribution >= 4 is 40.0 Å². The van der Waals surface area contributed by atoms with Crippen LogP contribution in [-0.4, -0.2) is 9.97 Å². The Morgan fingerprint density at radius 2 is 1.85 bits per heavy atom. The fraction of sp³-hybridized carbons (Fsp3) is 0.0667. The molecule has 100 valence electrons. The molecule has 1 aromatic heterocycles. The Labute approximate surface area is 126 Å². The monoisotopic (exact) mass is 301 g/mol. The van der Waals surface area contributed by atoms with Crippen LogP contribution < -0.4 is 5.73 Å². The van der Waals surface area contributed by atoms with Gasteiger partial charge in [0.25, 0.3) is 0 Å². The molecular weight excluding hydrogens is 290 g/mol. The molecule has 3 rings (SSSR count). The molecular formula is C15H12ClN3S. The number of nitrogens with zero attached hydrogens (tertiary/aromatic N) is 2. The smallest absolute Gasteiger partial charge is 0.191 e. The molecule has 0 unspecified atom stereocenters. The Kier molecular flexibility index (Phi) is 3.76. The van der Waals surface area contributed by atoms with E-state index in [-0.39, 0.29) is 0 Å². The zero-order valence-electron chi connectivity index (χ0n) is 10.6. The minimum absolute atomic E-state index is 0.373. The molecule has 0 fully saturated rings. The Morgan fingerprint density at radius 3 is 2.70 bits per heavy atom. The van der Waals surface area contributed by atoms with Crippen LogP contribution in [0, 0.1) is 0 Å². The summed E-state index contributed by atoms with van der Waals surface area (Å²) in [6, 6.07) is 16.1. The molecule has 20 heavy (non-hydrogen) atoms. The third kappa shape index (κ3) is 2.86. The third-order valence-corrected chi connectivity index (χ3v) is 4.02. The van der Waals surface area contributed by atoms with E-state index in [4.69, 9.17) is 17.3 Å². The number of aromatic nitrogens is 2. The summed E-state index contributed by atoms with van der Waals surface area (Å²) in [5.74, 6) is 1.17. The first-order valence-corrected chi connectivity index (χ1v) is 7.48. The SMILES string of the molecule is Nc1cc(Cl)nc(SCc2cccc3ccccc23)n1. The zero-order valence-corrected chi connectivity index (χ0v) is 12.2. The molecule has 0 amide bonds. The molecule has 0 radical (unpaired) electrons. The summed E-state index contributed by atoms with van der Waals surface area (Å²) in [6.45, 7) is 0. The van der Waals surface area contributed by atoms with Crippen molar-refractivity contribution in [3.05, 3.63) is 59.2 Å². The summed E-state index contributed by atoms with van der Waals surface area (Å²) >= 11 is 7.41. The first-order chi connectivity index (χ1) is 9.72. The van der Waals surface area contributed by atoms with Crippen molar-refractivity contribution in [2.45, 2.75) is 10.9 Å². The van der Waals surface area contributed by atoms with Crippen LogP contribution in [0.5, 0.6) is 0 Å². The van der Waals surface area contributed by atoms with Gasteiger partial charge in [0.05, 0.1) is 0 Å². The van der Waals surface area contributed by atoms with Gasteiger partial charge in [0.2, 0.25) is 0 Å². The number of anilines is 1. The summed E-state index contributed by atoms with van der Waals surface area (Å²) in [4.78, 5) is 8.34. The number of fused-ring (bicyclic) bond motifs is 1. The molecule has 0 bridgehead atoms. The second-order valence-electron chi connectivity index (χ2n) is 4.33.